The summed E-state index contributed by atoms with van der Waals surface area (Å²) >= 11 is 0. The first-order valence-corrected chi connectivity index (χ1v) is 13.2. The lowest BCUT2D eigenvalue weighted by Gasteiger charge is -2.27. The van der Waals surface area contributed by atoms with Gasteiger partial charge in [0.2, 0.25) is 6.79 Å². The fourth-order valence-electron chi connectivity index (χ4n) is 5.17. The van der Waals surface area contributed by atoms with Crippen molar-refractivity contribution >= 4 is 5.91 Å². The second-order valence-corrected chi connectivity index (χ2v) is 9.86. The van der Waals surface area contributed by atoms with Gasteiger partial charge in [-0.2, -0.15) is 5.10 Å². The van der Waals surface area contributed by atoms with Gasteiger partial charge in [-0.25, -0.2) is 0 Å². The van der Waals surface area contributed by atoms with Crippen LogP contribution >= 0.6 is 0 Å². The lowest BCUT2D eigenvalue weighted by molar-refractivity contribution is 0.0729. The minimum atomic E-state index is -0.383. The molecule has 1 unspecified atom stereocenters. The van der Waals surface area contributed by atoms with Crippen LogP contribution in [0.2, 0.25) is 0 Å². The van der Waals surface area contributed by atoms with E-state index < -0.39 is 0 Å². The molecule has 2 aliphatic heterocycles. The summed E-state index contributed by atoms with van der Waals surface area (Å²) in [6, 6.07) is 19.5. The maximum Gasteiger partial charge on any atom is 0.273 e. The Morgan fingerprint density at radius 2 is 1.85 bits per heavy atom. The fraction of sp³-hybridized carbons (Fsp3) is 0.290. The number of amides is 1. The molecule has 6 rings (SSSR count). The first-order valence-electron chi connectivity index (χ1n) is 13.2. The molecule has 0 saturated heterocycles. The molecule has 1 atom stereocenters. The van der Waals surface area contributed by atoms with Crippen molar-refractivity contribution in [3.63, 3.8) is 0 Å². The van der Waals surface area contributed by atoms with Gasteiger partial charge in [-0.1, -0.05) is 55.3 Å². The number of H-pyrrole nitrogens is 1. The molecule has 1 amide bonds. The topological polar surface area (TPSA) is 85.9 Å². The number of carbonyl (C=O) groups is 1. The number of hydrogen-bond acceptors (Lipinski definition) is 6. The normalized spacial score (nSPS) is 15.5. The molecule has 0 saturated carbocycles. The van der Waals surface area contributed by atoms with Crippen LogP contribution in [0.3, 0.4) is 0 Å². The van der Waals surface area contributed by atoms with Crippen LogP contribution in [0.5, 0.6) is 23.0 Å². The Kier molecular flexibility index (Phi) is 6.60. The molecule has 3 heterocycles. The van der Waals surface area contributed by atoms with Gasteiger partial charge in [0.05, 0.1) is 25.5 Å². The smallest absolute Gasteiger partial charge is 0.273 e. The average molecular weight is 526 g/mol. The minimum absolute atomic E-state index is 0.110. The van der Waals surface area contributed by atoms with Crippen LogP contribution < -0.4 is 18.9 Å². The molecule has 3 aromatic carbocycles. The highest BCUT2D eigenvalue weighted by Crippen LogP contribution is 2.45. The van der Waals surface area contributed by atoms with Crippen LogP contribution in [0.4, 0.5) is 0 Å². The molecule has 0 spiro atoms. The molecule has 4 aromatic rings. The molecule has 8 nitrogen and oxygen atoms in total. The third kappa shape index (κ3) is 4.56. The molecule has 1 N–H and O–H groups in total. The molecule has 39 heavy (non-hydrogen) atoms. The predicted octanol–water partition coefficient (Wildman–Crippen LogP) is 6.05. The summed E-state index contributed by atoms with van der Waals surface area (Å²) < 4.78 is 22.8. The Labute approximate surface area is 227 Å². The van der Waals surface area contributed by atoms with Crippen molar-refractivity contribution in [1.29, 1.82) is 0 Å². The standard InChI is InChI=1S/C31H31N3O5/c1-4-5-14-37-23-13-11-22(16-25(23)36-3)30-27-28(21-9-6-19(2)7-10-21)32-33-29(27)31(35)34(30)17-20-8-12-24-26(15-20)39-18-38-24/h6-13,15-16,30H,4-5,14,17-18H2,1-3H3,(H,32,33). The van der Waals surface area contributed by atoms with Gasteiger partial charge in [0.15, 0.2) is 23.0 Å². The molecule has 0 bridgehead atoms. The number of ether oxygens (including phenoxy) is 4. The monoisotopic (exact) mass is 525 g/mol. The van der Waals surface area contributed by atoms with Crippen molar-refractivity contribution in [2.75, 3.05) is 20.5 Å². The average Bonchev–Trinajstić information content (AvgIpc) is 3.66. The van der Waals surface area contributed by atoms with E-state index >= 15 is 0 Å². The number of aryl methyl sites for hydroxylation is 1. The number of fused-ring (bicyclic) bond motifs is 2. The van der Waals surface area contributed by atoms with Gasteiger partial charge in [0, 0.05) is 17.7 Å². The maximum atomic E-state index is 13.9. The minimum Gasteiger partial charge on any atom is -0.493 e. The molecule has 0 fully saturated rings. The second-order valence-electron chi connectivity index (χ2n) is 9.86. The van der Waals surface area contributed by atoms with Crippen molar-refractivity contribution in [3.05, 3.63) is 88.6 Å². The largest absolute Gasteiger partial charge is 0.493 e. The first-order chi connectivity index (χ1) is 19.1. The first kappa shape index (κ1) is 24.9. The van der Waals surface area contributed by atoms with Gasteiger partial charge in [-0.15, -0.1) is 0 Å². The van der Waals surface area contributed by atoms with E-state index in [1.165, 1.54) is 0 Å². The van der Waals surface area contributed by atoms with Crippen LogP contribution in [-0.4, -0.2) is 41.5 Å². The summed E-state index contributed by atoms with van der Waals surface area (Å²) in [5.74, 6) is 2.61. The van der Waals surface area contributed by atoms with Gasteiger partial charge in [0.25, 0.3) is 5.91 Å². The Balaban J connectivity index is 1.43. The molecule has 0 aliphatic carbocycles. The zero-order valence-corrected chi connectivity index (χ0v) is 22.3. The number of nitrogens with one attached hydrogen (secondary N) is 1. The zero-order valence-electron chi connectivity index (χ0n) is 22.3. The number of methoxy groups -OCH3 is 1. The van der Waals surface area contributed by atoms with E-state index in [2.05, 4.69) is 36.2 Å². The number of benzene rings is 3. The van der Waals surface area contributed by atoms with Crippen LogP contribution in [0.25, 0.3) is 11.3 Å². The number of aromatic nitrogens is 2. The summed E-state index contributed by atoms with van der Waals surface area (Å²) in [6.45, 7) is 5.38. The summed E-state index contributed by atoms with van der Waals surface area (Å²) in [6.07, 6.45) is 2.01. The van der Waals surface area contributed by atoms with Gasteiger partial charge in [-0.05, 0) is 48.7 Å². The van der Waals surface area contributed by atoms with Crippen LogP contribution in [-0.2, 0) is 6.54 Å². The SMILES string of the molecule is CCCCOc1ccc(C2c3c(-c4ccc(C)cc4)n[nH]c3C(=O)N2Cc2ccc3c(c2)OCO3)cc1OC. The van der Waals surface area contributed by atoms with E-state index in [0.717, 1.165) is 46.4 Å². The third-order valence-corrected chi connectivity index (χ3v) is 7.24. The van der Waals surface area contributed by atoms with Crippen LogP contribution in [0, 0.1) is 6.92 Å². The predicted molar refractivity (Wildman–Crippen MR) is 146 cm³/mol. The molecule has 0 radical (unpaired) electrons. The number of rotatable bonds is 9. The van der Waals surface area contributed by atoms with E-state index in [1.54, 1.807) is 7.11 Å². The van der Waals surface area contributed by atoms with Crippen molar-refractivity contribution in [3.8, 4) is 34.3 Å². The highest BCUT2D eigenvalue weighted by atomic mass is 16.7. The molecular formula is C31H31N3O5. The van der Waals surface area contributed by atoms with Crippen molar-refractivity contribution in [2.45, 2.75) is 39.3 Å². The zero-order chi connectivity index (χ0) is 26.9. The number of nitrogens with zero attached hydrogens (tertiary/aromatic N) is 2. The molecule has 200 valence electrons. The van der Waals surface area contributed by atoms with E-state index in [1.807, 2.05) is 53.4 Å². The van der Waals surface area contributed by atoms with Gasteiger partial charge < -0.3 is 23.8 Å². The van der Waals surface area contributed by atoms with E-state index in [9.17, 15) is 4.79 Å². The Morgan fingerprint density at radius 1 is 1.03 bits per heavy atom. The summed E-state index contributed by atoms with van der Waals surface area (Å²) in [5, 5.41) is 7.64. The number of aromatic amines is 1. The summed E-state index contributed by atoms with van der Waals surface area (Å²) in [4.78, 5) is 15.7. The number of unbranched alkanes of at least 4 members (excludes halogenated alkanes) is 1. The van der Waals surface area contributed by atoms with Crippen molar-refractivity contribution < 1.29 is 23.7 Å². The van der Waals surface area contributed by atoms with Crippen molar-refractivity contribution in [2.24, 2.45) is 0 Å². The summed E-state index contributed by atoms with van der Waals surface area (Å²) in [7, 11) is 1.64. The van der Waals surface area contributed by atoms with Gasteiger partial charge in [-0.3, -0.25) is 9.89 Å². The van der Waals surface area contributed by atoms with E-state index in [-0.39, 0.29) is 18.7 Å². The molecule has 2 aliphatic rings. The number of hydrogen-bond donors (Lipinski definition) is 1. The van der Waals surface area contributed by atoms with E-state index in [0.29, 0.717) is 41.8 Å². The fourth-order valence-corrected chi connectivity index (χ4v) is 5.17. The van der Waals surface area contributed by atoms with E-state index in [4.69, 9.17) is 18.9 Å². The van der Waals surface area contributed by atoms with Crippen molar-refractivity contribution in [1.82, 2.24) is 15.1 Å². The molecule has 1 aromatic heterocycles. The van der Waals surface area contributed by atoms with Crippen LogP contribution in [0.1, 0.15) is 58.5 Å². The Hall–Kier alpha value is -4.46. The second kappa shape index (κ2) is 10.4. The Bertz CT molecular complexity index is 1510. The van der Waals surface area contributed by atoms with Gasteiger partial charge in [0.1, 0.15) is 5.69 Å². The summed E-state index contributed by atoms with van der Waals surface area (Å²) in [5.41, 5.74) is 6.08. The molecular weight excluding hydrogens is 494 g/mol. The highest BCUT2D eigenvalue weighted by Gasteiger charge is 2.42. The van der Waals surface area contributed by atoms with Gasteiger partial charge >= 0.3 is 0 Å². The maximum absolute atomic E-state index is 13.9. The quantitative estimate of drug-likeness (QED) is 0.268. The lowest BCUT2D eigenvalue weighted by Crippen LogP contribution is -2.29. The highest BCUT2D eigenvalue weighted by molar-refractivity contribution is 6.00. The number of carbonyl (C=O) groups excluding carboxylic acids is 1. The third-order valence-electron chi connectivity index (χ3n) is 7.24. The molecule has 8 heteroatoms. The Morgan fingerprint density at radius 3 is 2.64 bits per heavy atom. The van der Waals surface area contributed by atoms with Crippen LogP contribution in [0.15, 0.2) is 60.7 Å². The lowest BCUT2D eigenvalue weighted by atomic mass is 9.95.